The van der Waals surface area contributed by atoms with E-state index in [2.05, 4.69) is 118 Å². The van der Waals surface area contributed by atoms with Crippen LogP contribution in [0.2, 0.25) is 0 Å². The Morgan fingerprint density at radius 2 is 0.487 bits per heavy atom. The molecule has 0 aromatic heterocycles. The van der Waals surface area contributed by atoms with Crippen molar-refractivity contribution in [3.05, 3.63) is 97.2 Å². The summed E-state index contributed by atoms with van der Waals surface area (Å²) in [5.41, 5.74) is 0. The normalized spacial score (nSPS) is 12.7. The molecule has 6 heteroatoms. The molecule has 0 aliphatic heterocycles. The molecule has 0 saturated heterocycles. The Bertz CT molecular complexity index is 1560. The third kappa shape index (κ3) is 65.1. The number of unbranched alkanes of at least 4 members (excludes halogenated alkanes) is 35. The van der Waals surface area contributed by atoms with Gasteiger partial charge in [0.15, 0.2) is 6.10 Å². The first-order valence-corrected chi connectivity index (χ1v) is 34.2. The van der Waals surface area contributed by atoms with Crippen LogP contribution in [0.4, 0.5) is 0 Å². The molecule has 0 heterocycles. The third-order valence-electron chi connectivity index (χ3n) is 14.8. The highest BCUT2D eigenvalue weighted by molar-refractivity contribution is 5.71. The number of carbonyl (C=O) groups is 3. The van der Waals surface area contributed by atoms with Crippen LogP contribution in [0.15, 0.2) is 97.2 Å². The van der Waals surface area contributed by atoms with Crippen molar-refractivity contribution in [2.24, 2.45) is 0 Å². The van der Waals surface area contributed by atoms with Gasteiger partial charge in [-0.1, -0.05) is 311 Å². The van der Waals surface area contributed by atoms with Gasteiger partial charge in [0.2, 0.25) is 0 Å². The zero-order valence-electron chi connectivity index (χ0n) is 52.8. The largest absolute Gasteiger partial charge is 0.462 e. The lowest BCUT2D eigenvalue weighted by atomic mass is 10.0. The van der Waals surface area contributed by atoms with Gasteiger partial charge in [0.05, 0.1) is 0 Å². The summed E-state index contributed by atoms with van der Waals surface area (Å²) in [4.78, 5) is 38.2. The fourth-order valence-electron chi connectivity index (χ4n) is 9.71. The maximum absolute atomic E-state index is 12.9. The third-order valence-corrected chi connectivity index (χ3v) is 14.8. The first-order valence-electron chi connectivity index (χ1n) is 34.2. The van der Waals surface area contributed by atoms with Crippen LogP contribution in [0.25, 0.3) is 0 Å². The Kier molecular flexibility index (Phi) is 64.7. The van der Waals surface area contributed by atoms with Crippen molar-refractivity contribution in [3.8, 4) is 0 Å². The second kappa shape index (κ2) is 67.8. The van der Waals surface area contributed by atoms with Crippen LogP contribution in [0, 0.1) is 0 Å². The number of hydrogen-bond acceptors (Lipinski definition) is 6. The molecule has 80 heavy (non-hydrogen) atoms. The van der Waals surface area contributed by atoms with E-state index >= 15 is 0 Å². The van der Waals surface area contributed by atoms with E-state index in [4.69, 9.17) is 14.2 Å². The molecule has 0 aromatic carbocycles. The van der Waals surface area contributed by atoms with Crippen LogP contribution in [-0.4, -0.2) is 37.2 Å². The van der Waals surface area contributed by atoms with E-state index in [9.17, 15) is 14.4 Å². The Morgan fingerprint density at radius 1 is 0.263 bits per heavy atom. The average Bonchev–Trinajstić information content (AvgIpc) is 3.46. The summed E-state index contributed by atoms with van der Waals surface area (Å²) in [6, 6.07) is 0. The van der Waals surface area contributed by atoms with Gasteiger partial charge in [-0.25, -0.2) is 0 Å². The van der Waals surface area contributed by atoms with Crippen molar-refractivity contribution in [1.82, 2.24) is 0 Å². The molecule has 0 spiro atoms. The molecule has 1 unspecified atom stereocenters. The summed E-state index contributed by atoms with van der Waals surface area (Å²) in [5, 5.41) is 0. The summed E-state index contributed by atoms with van der Waals surface area (Å²) >= 11 is 0. The maximum Gasteiger partial charge on any atom is 0.306 e. The van der Waals surface area contributed by atoms with Gasteiger partial charge in [0.25, 0.3) is 0 Å². The number of hydrogen-bond donors (Lipinski definition) is 0. The van der Waals surface area contributed by atoms with Gasteiger partial charge in [-0.05, 0) is 103 Å². The fraction of sp³-hybridized carbons (Fsp3) is 0.743. The minimum absolute atomic E-state index is 0.0744. The molecule has 6 nitrogen and oxygen atoms in total. The van der Waals surface area contributed by atoms with Gasteiger partial charge in [-0.2, -0.15) is 0 Å². The number of allylic oxidation sites excluding steroid dienone is 16. The van der Waals surface area contributed by atoms with Gasteiger partial charge in [0, 0.05) is 19.3 Å². The molecule has 0 N–H and O–H groups in total. The molecule has 0 amide bonds. The predicted octanol–water partition coefficient (Wildman–Crippen LogP) is 23.6. The van der Waals surface area contributed by atoms with Crippen LogP contribution < -0.4 is 0 Å². The zero-order valence-corrected chi connectivity index (χ0v) is 52.8. The molecule has 0 rings (SSSR count). The maximum atomic E-state index is 12.9. The number of carbonyl (C=O) groups excluding carboxylic acids is 3. The second-order valence-corrected chi connectivity index (χ2v) is 22.7. The van der Waals surface area contributed by atoms with Crippen molar-refractivity contribution in [1.29, 1.82) is 0 Å². The van der Waals surface area contributed by atoms with Crippen LogP contribution in [0.5, 0.6) is 0 Å². The van der Waals surface area contributed by atoms with E-state index in [-0.39, 0.29) is 31.1 Å². The Balaban J connectivity index is 4.13. The standard InChI is InChI=1S/C74H128O6/c1-4-7-10-13-16-19-22-24-26-28-29-30-31-32-33-34-35-36-37-38-39-40-41-42-43-44-45-47-48-50-52-55-58-61-64-67-73(76)79-70-71(69-78-72(75)66-63-60-57-54-21-18-15-12-9-6-3)80-74(77)68-65-62-59-56-53-51-49-46-27-25-23-20-17-14-11-8-5-2/h7,10,16,19,24-27,29-30,32-33,35-36,38-39,71H,4-6,8-9,11-15,17-18,20-23,28,31,34,37,40-70H2,1-3H3/b10-7-,19-16-,26-24-,27-25-,30-29-,33-32-,36-35-,39-38-. The summed E-state index contributed by atoms with van der Waals surface area (Å²) in [6.07, 6.45) is 91.5. The molecule has 0 saturated carbocycles. The van der Waals surface area contributed by atoms with E-state index in [1.165, 1.54) is 193 Å². The van der Waals surface area contributed by atoms with Crippen molar-refractivity contribution in [3.63, 3.8) is 0 Å². The Morgan fingerprint density at radius 3 is 0.775 bits per heavy atom. The van der Waals surface area contributed by atoms with Crippen LogP contribution in [0.3, 0.4) is 0 Å². The summed E-state index contributed by atoms with van der Waals surface area (Å²) in [5.74, 6) is -0.868. The van der Waals surface area contributed by atoms with Crippen LogP contribution in [-0.2, 0) is 28.6 Å². The molecule has 460 valence electrons. The number of rotatable bonds is 62. The quantitative estimate of drug-likeness (QED) is 0.0261. The zero-order chi connectivity index (χ0) is 57.8. The monoisotopic (exact) mass is 1110 g/mol. The summed E-state index contributed by atoms with van der Waals surface area (Å²) < 4.78 is 16.9. The van der Waals surface area contributed by atoms with Crippen LogP contribution >= 0.6 is 0 Å². The van der Waals surface area contributed by atoms with E-state index in [1.807, 2.05) is 0 Å². The molecular weight excluding hydrogens is 985 g/mol. The first-order chi connectivity index (χ1) is 39.5. The smallest absolute Gasteiger partial charge is 0.306 e. The van der Waals surface area contributed by atoms with Crippen molar-refractivity contribution >= 4 is 17.9 Å². The molecule has 0 aliphatic carbocycles. The summed E-state index contributed by atoms with van der Waals surface area (Å²) in [7, 11) is 0. The Hall–Kier alpha value is -3.67. The van der Waals surface area contributed by atoms with E-state index < -0.39 is 6.10 Å². The van der Waals surface area contributed by atoms with E-state index in [0.717, 1.165) is 103 Å². The van der Waals surface area contributed by atoms with E-state index in [1.54, 1.807) is 0 Å². The average molecular weight is 1110 g/mol. The number of esters is 3. The lowest BCUT2D eigenvalue weighted by molar-refractivity contribution is -0.167. The highest BCUT2D eigenvalue weighted by Crippen LogP contribution is 2.17. The topological polar surface area (TPSA) is 78.9 Å². The van der Waals surface area contributed by atoms with Crippen molar-refractivity contribution in [2.45, 2.75) is 341 Å². The van der Waals surface area contributed by atoms with Crippen molar-refractivity contribution in [2.75, 3.05) is 13.2 Å². The lowest BCUT2D eigenvalue weighted by Crippen LogP contribution is -2.30. The molecule has 0 fully saturated rings. The fourth-order valence-corrected chi connectivity index (χ4v) is 9.71. The molecule has 0 bridgehead atoms. The number of ether oxygens (including phenoxy) is 3. The first kappa shape index (κ1) is 76.3. The van der Waals surface area contributed by atoms with Gasteiger partial charge >= 0.3 is 17.9 Å². The lowest BCUT2D eigenvalue weighted by Gasteiger charge is -2.18. The SMILES string of the molecule is CC/C=C\C/C=C\C/C=C\C/C=C\C/C=C\C/C=C\C/C=C\CCCCCCCCCCCCCCCC(=O)OCC(COC(=O)CCCCCCCCCCCC)OC(=O)CCCCCCCCC/C=C\CCCCCCCC. The highest BCUT2D eigenvalue weighted by Gasteiger charge is 2.19. The molecule has 0 radical (unpaired) electrons. The summed E-state index contributed by atoms with van der Waals surface area (Å²) in [6.45, 7) is 6.54. The van der Waals surface area contributed by atoms with Gasteiger partial charge in [0.1, 0.15) is 13.2 Å². The predicted molar refractivity (Wildman–Crippen MR) is 348 cm³/mol. The molecule has 0 aromatic rings. The van der Waals surface area contributed by atoms with Crippen LogP contribution in [0.1, 0.15) is 335 Å². The Labute approximate surface area is 496 Å². The second-order valence-electron chi connectivity index (χ2n) is 22.7. The van der Waals surface area contributed by atoms with E-state index in [0.29, 0.717) is 19.3 Å². The molecule has 1 atom stereocenters. The van der Waals surface area contributed by atoms with Gasteiger partial charge in [-0.3, -0.25) is 14.4 Å². The molecule has 0 aliphatic rings. The van der Waals surface area contributed by atoms with Gasteiger partial charge in [-0.15, -0.1) is 0 Å². The highest BCUT2D eigenvalue weighted by atomic mass is 16.6. The minimum atomic E-state index is -0.777. The van der Waals surface area contributed by atoms with Crippen molar-refractivity contribution < 1.29 is 28.6 Å². The minimum Gasteiger partial charge on any atom is -0.462 e. The molecular formula is C74H128O6. The van der Waals surface area contributed by atoms with Gasteiger partial charge < -0.3 is 14.2 Å².